The summed E-state index contributed by atoms with van der Waals surface area (Å²) in [4.78, 5) is -0.836. The van der Waals surface area contributed by atoms with Crippen LogP contribution < -0.4 is 5.32 Å². The molecule has 2 rings (SSSR count). The molecule has 1 aromatic rings. The van der Waals surface area contributed by atoms with Gasteiger partial charge in [0, 0.05) is 25.2 Å². The van der Waals surface area contributed by atoms with Gasteiger partial charge in [-0.25, -0.2) is 21.6 Å². The van der Waals surface area contributed by atoms with Crippen molar-refractivity contribution in [1.82, 2.24) is 9.62 Å². The summed E-state index contributed by atoms with van der Waals surface area (Å²) in [5.41, 5.74) is 0. The summed E-state index contributed by atoms with van der Waals surface area (Å²) in [5, 5.41) is 3.09. The first-order chi connectivity index (χ1) is 9.26. The van der Waals surface area contributed by atoms with Crippen LogP contribution in [-0.2, 0) is 10.0 Å². The molecule has 0 spiro atoms. The summed E-state index contributed by atoms with van der Waals surface area (Å²) in [7, 11) is -4.20. The molecule has 4 nitrogen and oxygen atoms in total. The van der Waals surface area contributed by atoms with Gasteiger partial charge in [-0.05, 0) is 26.0 Å². The molecule has 0 aromatic heterocycles. The summed E-state index contributed by atoms with van der Waals surface area (Å²) >= 11 is 0. The van der Waals surface area contributed by atoms with Crippen molar-refractivity contribution < 1.29 is 21.6 Å². The molecule has 2 unspecified atom stereocenters. The molecule has 1 aromatic carbocycles. The molecule has 1 saturated heterocycles. The predicted octanol–water partition coefficient (Wildman–Crippen LogP) is 1.47. The Morgan fingerprint density at radius 3 is 2.50 bits per heavy atom. The van der Waals surface area contributed by atoms with E-state index in [0.717, 1.165) is 10.4 Å². The Morgan fingerprint density at radius 2 is 1.85 bits per heavy atom. The Labute approximate surface area is 115 Å². The molecular weight excluding hydrogens is 293 g/mol. The van der Waals surface area contributed by atoms with E-state index >= 15 is 0 Å². The Bertz CT molecular complexity index is 621. The van der Waals surface area contributed by atoms with Crippen LogP contribution in [-0.4, -0.2) is 37.9 Å². The first kappa shape index (κ1) is 15.3. The van der Waals surface area contributed by atoms with E-state index in [0.29, 0.717) is 12.6 Å². The van der Waals surface area contributed by atoms with Crippen molar-refractivity contribution in [2.75, 3.05) is 13.1 Å². The van der Waals surface area contributed by atoms with Gasteiger partial charge in [-0.1, -0.05) is 0 Å². The van der Waals surface area contributed by atoms with Gasteiger partial charge in [-0.15, -0.1) is 0 Å². The van der Waals surface area contributed by atoms with E-state index in [1.54, 1.807) is 13.8 Å². The quantitative estimate of drug-likeness (QED) is 0.842. The van der Waals surface area contributed by atoms with E-state index in [4.69, 9.17) is 0 Å². The summed E-state index contributed by atoms with van der Waals surface area (Å²) in [6.45, 7) is 4.03. The fraction of sp³-hybridized carbons (Fsp3) is 0.500. The highest BCUT2D eigenvalue weighted by molar-refractivity contribution is 7.89. The van der Waals surface area contributed by atoms with E-state index in [2.05, 4.69) is 5.32 Å². The highest BCUT2D eigenvalue weighted by Gasteiger charge is 2.36. The summed E-state index contributed by atoms with van der Waals surface area (Å²) in [5.74, 6) is -4.87. The number of hydrogen-bond donors (Lipinski definition) is 1. The fourth-order valence-electron chi connectivity index (χ4n) is 2.20. The summed E-state index contributed by atoms with van der Waals surface area (Å²) in [6.07, 6.45) is 0. The average molecular weight is 308 g/mol. The number of halogens is 3. The topological polar surface area (TPSA) is 49.4 Å². The fourth-order valence-corrected chi connectivity index (χ4v) is 3.96. The van der Waals surface area contributed by atoms with E-state index in [-0.39, 0.29) is 12.6 Å². The zero-order chi connectivity index (χ0) is 15.1. The molecule has 0 radical (unpaired) electrons. The van der Waals surface area contributed by atoms with Crippen LogP contribution >= 0.6 is 0 Å². The van der Waals surface area contributed by atoms with Crippen molar-refractivity contribution in [3.8, 4) is 0 Å². The van der Waals surface area contributed by atoms with E-state index in [1.165, 1.54) is 0 Å². The number of rotatable bonds is 2. The molecule has 1 aliphatic heterocycles. The van der Waals surface area contributed by atoms with Crippen LogP contribution in [0.1, 0.15) is 13.8 Å². The van der Waals surface area contributed by atoms with Crippen LogP contribution in [0.15, 0.2) is 17.0 Å². The molecule has 1 N–H and O–H groups in total. The molecule has 0 aliphatic carbocycles. The van der Waals surface area contributed by atoms with Crippen molar-refractivity contribution in [1.29, 1.82) is 0 Å². The zero-order valence-corrected chi connectivity index (χ0v) is 11.8. The Morgan fingerprint density at radius 1 is 1.20 bits per heavy atom. The second-order valence-corrected chi connectivity index (χ2v) is 6.63. The molecule has 1 aliphatic rings. The molecule has 0 bridgehead atoms. The molecule has 0 amide bonds. The molecule has 0 saturated carbocycles. The molecule has 112 valence electrons. The van der Waals surface area contributed by atoms with Crippen LogP contribution in [0.3, 0.4) is 0 Å². The van der Waals surface area contributed by atoms with Gasteiger partial charge < -0.3 is 5.32 Å². The normalized spacial score (nSPS) is 24.9. The molecule has 2 atom stereocenters. The van der Waals surface area contributed by atoms with Gasteiger partial charge in [0.05, 0.1) is 0 Å². The highest BCUT2D eigenvalue weighted by atomic mass is 32.2. The largest absolute Gasteiger partial charge is 0.311 e. The number of hydrogen-bond acceptors (Lipinski definition) is 3. The standard InChI is InChI=1S/C12H15F3N2O2S/c1-7-8(2)17(6-5-16-7)20(18,19)10-4-3-9(13)11(14)12(10)15/h3-4,7-8,16H,5-6H2,1-2H3. The van der Waals surface area contributed by atoms with Crippen LogP contribution in [0.25, 0.3) is 0 Å². The first-order valence-electron chi connectivity index (χ1n) is 6.15. The maximum absolute atomic E-state index is 13.7. The van der Waals surface area contributed by atoms with Crippen LogP contribution in [0.5, 0.6) is 0 Å². The van der Waals surface area contributed by atoms with Gasteiger partial charge in [-0.3, -0.25) is 0 Å². The second kappa shape index (κ2) is 5.34. The van der Waals surface area contributed by atoms with Crippen molar-refractivity contribution in [3.05, 3.63) is 29.6 Å². The van der Waals surface area contributed by atoms with Crippen LogP contribution in [0, 0.1) is 17.5 Å². The Hall–Kier alpha value is -1.12. The van der Waals surface area contributed by atoms with E-state index in [9.17, 15) is 21.6 Å². The predicted molar refractivity (Wildman–Crippen MR) is 67.1 cm³/mol. The Kier molecular flexibility index (Phi) is 4.08. The molecule has 8 heteroatoms. The van der Waals surface area contributed by atoms with Crippen LogP contribution in [0.2, 0.25) is 0 Å². The van der Waals surface area contributed by atoms with E-state index in [1.807, 2.05) is 0 Å². The van der Waals surface area contributed by atoms with Crippen molar-refractivity contribution in [2.45, 2.75) is 30.8 Å². The third kappa shape index (κ3) is 2.43. The lowest BCUT2D eigenvalue weighted by molar-refractivity contribution is 0.232. The number of nitrogens with zero attached hydrogens (tertiary/aromatic N) is 1. The zero-order valence-electron chi connectivity index (χ0n) is 11.0. The van der Waals surface area contributed by atoms with Gasteiger partial charge in [0.15, 0.2) is 17.5 Å². The van der Waals surface area contributed by atoms with Crippen molar-refractivity contribution in [3.63, 3.8) is 0 Å². The van der Waals surface area contributed by atoms with Crippen molar-refractivity contribution in [2.24, 2.45) is 0 Å². The maximum Gasteiger partial charge on any atom is 0.246 e. The number of benzene rings is 1. The smallest absolute Gasteiger partial charge is 0.246 e. The molecule has 1 heterocycles. The van der Waals surface area contributed by atoms with Gasteiger partial charge in [-0.2, -0.15) is 4.31 Å². The van der Waals surface area contributed by atoms with Gasteiger partial charge in [0.1, 0.15) is 4.90 Å². The highest BCUT2D eigenvalue weighted by Crippen LogP contribution is 2.25. The van der Waals surface area contributed by atoms with Crippen molar-refractivity contribution >= 4 is 10.0 Å². The lowest BCUT2D eigenvalue weighted by atomic mass is 10.1. The SMILES string of the molecule is CC1NCCN(S(=O)(=O)c2ccc(F)c(F)c2F)C1C. The van der Waals surface area contributed by atoms with Gasteiger partial charge in [0.25, 0.3) is 0 Å². The first-order valence-corrected chi connectivity index (χ1v) is 7.59. The number of nitrogens with one attached hydrogen (secondary N) is 1. The average Bonchev–Trinajstić information content (AvgIpc) is 2.38. The van der Waals surface area contributed by atoms with Gasteiger partial charge in [0.2, 0.25) is 10.0 Å². The maximum atomic E-state index is 13.7. The molecule has 20 heavy (non-hydrogen) atoms. The summed E-state index contributed by atoms with van der Waals surface area (Å²) in [6, 6.07) is 0.831. The minimum atomic E-state index is -4.20. The van der Waals surface area contributed by atoms with Gasteiger partial charge >= 0.3 is 0 Å². The number of sulfonamides is 1. The second-order valence-electron chi connectivity index (χ2n) is 4.77. The monoisotopic (exact) mass is 308 g/mol. The Balaban J connectivity index is 2.48. The lowest BCUT2D eigenvalue weighted by Crippen LogP contribution is -2.57. The minimum absolute atomic E-state index is 0.119. The summed E-state index contributed by atoms with van der Waals surface area (Å²) < 4.78 is 65.7. The number of piperazine rings is 1. The minimum Gasteiger partial charge on any atom is -0.311 e. The van der Waals surface area contributed by atoms with E-state index < -0.39 is 38.4 Å². The molecule has 1 fully saturated rings. The van der Waals surface area contributed by atoms with Crippen LogP contribution in [0.4, 0.5) is 13.2 Å². The lowest BCUT2D eigenvalue weighted by Gasteiger charge is -2.37. The third-order valence-electron chi connectivity index (χ3n) is 3.56. The third-order valence-corrected chi connectivity index (χ3v) is 5.57. The molecular formula is C12H15F3N2O2S.